The van der Waals surface area contributed by atoms with Crippen molar-refractivity contribution in [2.45, 2.75) is 38.3 Å². The Balaban J connectivity index is 1.73. The minimum atomic E-state index is -0.147. The monoisotopic (exact) mass is 279 g/mol. The summed E-state index contributed by atoms with van der Waals surface area (Å²) in [5.74, 6) is 0.423. The lowest BCUT2D eigenvalue weighted by Crippen LogP contribution is -2.42. The van der Waals surface area contributed by atoms with Gasteiger partial charge in [-0.25, -0.2) is 5.43 Å². The molecule has 1 aromatic rings. The fourth-order valence-electron chi connectivity index (χ4n) is 3.08. The van der Waals surface area contributed by atoms with E-state index in [-0.39, 0.29) is 11.9 Å². The molecule has 5 heteroatoms. The van der Waals surface area contributed by atoms with Gasteiger partial charge in [-0.3, -0.25) is 10.2 Å². The maximum absolute atomic E-state index is 12.4. The Morgan fingerprint density at radius 2 is 2.21 bits per heavy atom. The number of hydrazine groups is 1. The van der Waals surface area contributed by atoms with Crippen molar-refractivity contribution in [1.82, 2.24) is 10.9 Å². The van der Waals surface area contributed by atoms with Crippen LogP contribution in [-0.2, 0) is 4.79 Å². The predicted molar refractivity (Wildman–Crippen MR) is 76.0 cm³/mol. The summed E-state index contributed by atoms with van der Waals surface area (Å²) < 4.78 is 0. The van der Waals surface area contributed by atoms with Crippen LogP contribution in [0, 0.1) is 12.8 Å². The summed E-state index contributed by atoms with van der Waals surface area (Å²) in [7, 11) is 0. The maximum Gasteiger partial charge on any atom is 0.243 e. The van der Waals surface area contributed by atoms with Crippen molar-refractivity contribution in [3.8, 4) is 0 Å². The van der Waals surface area contributed by atoms with Crippen molar-refractivity contribution in [2.24, 2.45) is 5.92 Å². The second-order valence-corrected chi connectivity index (χ2v) is 5.78. The molecule has 1 aliphatic carbocycles. The molecule has 1 saturated heterocycles. The molecule has 4 nitrogen and oxygen atoms in total. The summed E-state index contributed by atoms with van der Waals surface area (Å²) in [6.45, 7) is 1.91. The normalized spacial score (nSPS) is 29.3. The Morgan fingerprint density at radius 3 is 3.05 bits per heavy atom. The molecule has 1 heterocycles. The van der Waals surface area contributed by atoms with E-state index in [1.54, 1.807) is 0 Å². The molecule has 0 bridgehead atoms. The Labute approximate surface area is 117 Å². The number of hydrogen-bond donors (Lipinski definition) is 3. The van der Waals surface area contributed by atoms with E-state index in [1.165, 1.54) is 6.42 Å². The van der Waals surface area contributed by atoms with Gasteiger partial charge in [-0.15, -0.1) is 0 Å². The van der Waals surface area contributed by atoms with Gasteiger partial charge in [0, 0.05) is 22.7 Å². The summed E-state index contributed by atoms with van der Waals surface area (Å²) in [4.78, 5) is 12.4. The fraction of sp³-hybridized carbons (Fsp3) is 0.500. The standard InChI is InChI=1S/C14H18ClN3O/c1-8-10(15)5-3-6-11(8)16-14(19)13-9-4-2-7-12(9)17-18-13/h3,5-6,9,12-13,17-18H,2,4,7H2,1H3,(H,16,19). The third-order valence-electron chi connectivity index (χ3n) is 4.23. The number of hydrogen-bond acceptors (Lipinski definition) is 3. The van der Waals surface area contributed by atoms with Gasteiger partial charge in [-0.2, -0.15) is 0 Å². The second kappa shape index (κ2) is 5.12. The van der Waals surface area contributed by atoms with Gasteiger partial charge in [0.15, 0.2) is 0 Å². The fourth-order valence-corrected chi connectivity index (χ4v) is 3.26. The predicted octanol–water partition coefficient (Wildman–Crippen LogP) is 2.23. The molecule has 3 rings (SSSR count). The number of nitrogens with one attached hydrogen (secondary N) is 3. The number of anilines is 1. The van der Waals surface area contributed by atoms with Gasteiger partial charge in [-0.05, 0) is 37.5 Å². The maximum atomic E-state index is 12.4. The van der Waals surface area contributed by atoms with Gasteiger partial charge >= 0.3 is 0 Å². The average molecular weight is 280 g/mol. The molecule has 1 aromatic carbocycles. The summed E-state index contributed by atoms with van der Waals surface area (Å²) >= 11 is 6.07. The number of rotatable bonds is 2. The molecule has 19 heavy (non-hydrogen) atoms. The number of fused-ring (bicyclic) bond motifs is 1. The molecule has 102 valence electrons. The first-order valence-electron chi connectivity index (χ1n) is 6.74. The first-order chi connectivity index (χ1) is 9.16. The highest BCUT2D eigenvalue weighted by Crippen LogP contribution is 2.32. The molecular weight excluding hydrogens is 262 g/mol. The highest BCUT2D eigenvalue weighted by molar-refractivity contribution is 6.31. The van der Waals surface area contributed by atoms with Crippen molar-refractivity contribution < 1.29 is 4.79 Å². The molecule has 2 aliphatic rings. The van der Waals surface area contributed by atoms with Gasteiger partial charge in [0.2, 0.25) is 5.91 Å². The van der Waals surface area contributed by atoms with Gasteiger partial charge in [-0.1, -0.05) is 24.1 Å². The quantitative estimate of drug-likeness (QED) is 0.778. The van der Waals surface area contributed by atoms with Crippen molar-refractivity contribution in [2.75, 3.05) is 5.32 Å². The van der Waals surface area contributed by atoms with Crippen LogP contribution < -0.4 is 16.2 Å². The van der Waals surface area contributed by atoms with Crippen LogP contribution in [0.25, 0.3) is 0 Å². The van der Waals surface area contributed by atoms with Crippen LogP contribution in [0.1, 0.15) is 24.8 Å². The van der Waals surface area contributed by atoms with E-state index in [0.717, 1.165) is 24.1 Å². The van der Waals surface area contributed by atoms with E-state index in [1.807, 2.05) is 25.1 Å². The molecule has 1 aliphatic heterocycles. The molecule has 3 atom stereocenters. The molecule has 1 amide bonds. The molecule has 0 aromatic heterocycles. The van der Waals surface area contributed by atoms with E-state index >= 15 is 0 Å². The van der Waals surface area contributed by atoms with Crippen LogP contribution in [0.15, 0.2) is 18.2 Å². The van der Waals surface area contributed by atoms with E-state index in [2.05, 4.69) is 16.2 Å². The van der Waals surface area contributed by atoms with E-state index < -0.39 is 0 Å². The van der Waals surface area contributed by atoms with Crippen LogP contribution in [0.4, 0.5) is 5.69 Å². The highest BCUT2D eigenvalue weighted by atomic mass is 35.5. The molecule has 0 radical (unpaired) electrons. The lowest BCUT2D eigenvalue weighted by atomic mass is 9.96. The minimum absolute atomic E-state index is 0.0206. The molecule has 3 unspecified atom stereocenters. The highest BCUT2D eigenvalue weighted by Gasteiger charge is 2.42. The Bertz CT molecular complexity index is 505. The molecule has 2 fully saturated rings. The van der Waals surface area contributed by atoms with Gasteiger partial charge in [0.05, 0.1) is 0 Å². The third kappa shape index (κ3) is 2.36. The van der Waals surface area contributed by atoms with Crippen LogP contribution in [-0.4, -0.2) is 18.0 Å². The summed E-state index contributed by atoms with van der Waals surface area (Å²) in [6.07, 6.45) is 3.46. The number of carbonyl (C=O) groups excluding carboxylic acids is 1. The number of amides is 1. The average Bonchev–Trinajstić information content (AvgIpc) is 2.96. The van der Waals surface area contributed by atoms with Crippen molar-refractivity contribution in [3.05, 3.63) is 28.8 Å². The van der Waals surface area contributed by atoms with Crippen LogP contribution in [0.2, 0.25) is 5.02 Å². The topological polar surface area (TPSA) is 53.2 Å². The first-order valence-corrected chi connectivity index (χ1v) is 7.11. The van der Waals surface area contributed by atoms with Crippen LogP contribution in [0.5, 0.6) is 0 Å². The second-order valence-electron chi connectivity index (χ2n) is 5.37. The zero-order valence-electron chi connectivity index (χ0n) is 10.9. The zero-order valence-corrected chi connectivity index (χ0v) is 11.6. The Morgan fingerprint density at radius 1 is 1.37 bits per heavy atom. The minimum Gasteiger partial charge on any atom is -0.324 e. The Kier molecular flexibility index (Phi) is 3.48. The third-order valence-corrected chi connectivity index (χ3v) is 4.64. The SMILES string of the molecule is Cc1c(Cl)cccc1NC(=O)C1NNC2CCCC21. The van der Waals surface area contributed by atoms with E-state index in [4.69, 9.17) is 11.6 Å². The van der Waals surface area contributed by atoms with Crippen molar-refractivity contribution in [3.63, 3.8) is 0 Å². The van der Waals surface area contributed by atoms with E-state index in [9.17, 15) is 4.79 Å². The molecular formula is C14H18ClN3O. The number of halogens is 1. The van der Waals surface area contributed by atoms with Gasteiger partial charge in [0.1, 0.15) is 6.04 Å². The van der Waals surface area contributed by atoms with E-state index in [0.29, 0.717) is 17.0 Å². The number of benzene rings is 1. The smallest absolute Gasteiger partial charge is 0.243 e. The lowest BCUT2D eigenvalue weighted by molar-refractivity contribution is -0.118. The van der Waals surface area contributed by atoms with Gasteiger partial charge in [0.25, 0.3) is 0 Å². The lowest BCUT2D eigenvalue weighted by Gasteiger charge is -2.17. The first kappa shape index (κ1) is 12.9. The van der Waals surface area contributed by atoms with Crippen molar-refractivity contribution >= 4 is 23.2 Å². The summed E-state index contributed by atoms with van der Waals surface area (Å²) in [5.41, 5.74) is 8.04. The van der Waals surface area contributed by atoms with Crippen LogP contribution >= 0.6 is 11.6 Å². The van der Waals surface area contributed by atoms with Crippen molar-refractivity contribution in [1.29, 1.82) is 0 Å². The van der Waals surface area contributed by atoms with Gasteiger partial charge < -0.3 is 5.32 Å². The summed E-state index contributed by atoms with van der Waals surface area (Å²) in [6, 6.07) is 5.86. The largest absolute Gasteiger partial charge is 0.324 e. The zero-order chi connectivity index (χ0) is 13.4. The number of carbonyl (C=O) groups is 1. The van der Waals surface area contributed by atoms with Crippen LogP contribution in [0.3, 0.4) is 0 Å². The Hall–Kier alpha value is -1.10. The molecule has 1 saturated carbocycles. The molecule has 3 N–H and O–H groups in total. The summed E-state index contributed by atoms with van der Waals surface area (Å²) in [5, 5.41) is 3.65. The molecule has 0 spiro atoms.